The summed E-state index contributed by atoms with van der Waals surface area (Å²) in [6, 6.07) is 18.0. The van der Waals surface area contributed by atoms with Gasteiger partial charge in [0, 0.05) is 18.0 Å². The number of nitrogens with one attached hydrogen (secondary N) is 1. The van der Waals surface area contributed by atoms with Gasteiger partial charge in [-0.25, -0.2) is 13.8 Å². The summed E-state index contributed by atoms with van der Waals surface area (Å²) in [5.41, 5.74) is 3.39. The monoisotopic (exact) mass is 438 g/mol. The lowest BCUT2D eigenvalue weighted by molar-refractivity contribution is -0.119. The molecule has 1 heterocycles. The number of aromatic nitrogens is 1. The van der Waals surface area contributed by atoms with E-state index in [0.29, 0.717) is 23.6 Å². The molecule has 0 bridgehead atoms. The largest absolute Gasteiger partial charge is 0.494 e. The quantitative estimate of drug-likeness (QED) is 0.409. The van der Waals surface area contributed by atoms with Crippen molar-refractivity contribution in [2.75, 3.05) is 17.5 Å². The first kappa shape index (κ1) is 22.0. The van der Waals surface area contributed by atoms with Crippen molar-refractivity contribution in [2.24, 2.45) is 5.10 Å². The number of carbonyl (C=O) groups is 1. The van der Waals surface area contributed by atoms with Crippen LogP contribution >= 0.6 is 0 Å². The van der Waals surface area contributed by atoms with Crippen molar-refractivity contribution in [3.63, 3.8) is 0 Å². The predicted molar refractivity (Wildman–Crippen MR) is 119 cm³/mol. The molecule has 0 radical (unpaired) electrons. The van der Waals surface area contributed by atoms with E-state index in [4.69, 9.17) is 4.74 Å². The van der Waals surface area contributed by atoms with Gasteiger partial charge in [-0.15, -0.1) is 0 Å². The van der Waals surface area contributed by atoms with Crippen LogP contribution < -0.4 is 14.5 Å². The normalized spacial score (nSPS) is 11.3. The van der Waals surface area contributed by atoms with Crippen LogP contribution in [-0.4, -0.2) is 38.7 Å². The maximum atomic E-state index is 13.2. The van der Waals surface area contributed by atoms with Gasteiger partial charge in [-0.05, 0) is 49.4 Å². The third-order valence-corrected chi connectivity index (χ3v) is 5.93. The second-order valence-corrected chi connectivity index (χ2v) is 8.19. The van der Waals surface area contributed by atoms with E-state index in [0.717, 1.165) is 4.31 Å². The Morgan fingerprint density at radius 3 is 2.48 bits per heavy atom. The molecule has 31 heavy (non-hydrogen) atoms. The zero-order valence-corrected chi connectivity index (χ0v) is 17.7. The molecule has 2 aromatic carbocycles. The molecular formula is C22H22N4O4S. The van der Waals surface area contributed by atoms with Gasteiger partial charge in [-0.1, -0.05) is 24.3 Å². The maximum Gasteiger partial charge on any atom is 0.264 e. The summed E-state index contributed by atoms with van der Waals surface area (Å²) >= 11 is 0. The van der Waals surface area contributed by atoms with Gasteiger partial charge in [-0.2, -0.15) is 5.10 Å². The summed E-state index contributed by atoms with van der Waals surface area (Å²) in [6.45, 7) is 1.90. The second kappa shape index (κ2) is 10.4. The molecule has 3 aromatic rings. The summed E-state index contributed by atoms with van der Waals surface area (Å²) in [4.78, 5) is 16.5. The van der Waals surface area contributed by atoms with Crippen LogP contribution in [-0.2, 0) is 14.8 Å². The topological polar surface area (TPSA) is 101 Å². The minimum absolute atomic E-state index is 0.0792. The summed E-state index contributed by atoms with van der Waals surface area (Å²) in [6.07, 6.45) is 4.64. The number of nitrogens with zero attached hydrogens (tertiary/aromatic N) is 3. The highest BCUT2D eigenvalue weighted by Crippen LogP contribution is 2.25. The standard InChI is InChI=1S/C22H22N4O4S/c1-2-30-20-12-10-19(11-13-20)26(31(28,29)21-8-4-3-5-9-21)17-22(27)25-24-16-18-7-6-14-23-15-18/h3-16H,2,17H2,1H3,(H,25,27)/b24-16-. The average molecular weight is 439 g/mol. The van der Waals surface area contributed by atoms with Gasteiger partial charge in [0.15, 0.2) is 0 Å². The predicted octanol–water partition coefficient (Wildman–Crippen LogP) is 2.83. The van der Waals surface area contributed by atoms with Gasteiger partial charge < -0.3 is 4.74 Å². The Hall–Kier alpha value is -3.72. The van der Waals surface area contributed by atoms with E-state index in [-0.39, 0.29) is 4.90 Å². The first-order valence-corrected chi connectivity index (χ1v) is 11.0. The summed E-state index contributed by atoms with van der Waals surface area (Å²) in [5.74, 6) is 0.0161. The lowest BCUT2D eigenvalue weighted by atomic mass is 10.3. The van der Waals surface area contributed by atoms with Crippen molar-refractivity contribution < 1.29 is 17.9 Å². The molecule has 0 spiro atoms. The Kier molecular flexibility index (Phi) is 7.34. The van der Waals surface area contributed by atoms with Crippen LogP contribution in [0.25, 0.3) is 0 Å². The molecule has 1 amide bonds. The molecular weight excluding hydrogens is 416 g/mol. The van der Waals surface area contributed by atoms with E-state index < -0.39 is 22.5 Å². The molecule has 0 unspecified atom stereocenters. The van der Waals surface area contributed by atoms with E-state index in [1.807, 2.05) is 6.92 Å². The van der Waals surface area contributed by atoms with Crippen molar-refractivity contribution in [2.45, 2.75) is 11.8 Å². The molecule has 1 aromatic heterocycles. The van der Waals surface area contributed by atoms with Gasteiger partial charge in [0.1, 0.15) is 12.3 Å². The minimum Gasteiger partial charge on any atom is -0.494 e. The van der Waals surface area contributed by atoms with Crippen LogP contribution in [0.2, 0.25) is 0 Å². The molecule has 0 saturated carbocycles. The van der Waals surface area contributed by atoms with Gasteiger partial charge in [-0.3, -0.25) is 14.1 Å². The average Bonchev–Trinajstić information content (AvgIpc) is 2.79. The minimum atomic E-state index is -3.98. The van der Waals surface area contributed by atoms with E-state index in [2.05, 4.69) is 15.5 Å². The maximum absolute atomic E-state index is 13.2. The zero-order chi connectivity index (χ0) is 22.1. The summed E-state index contributed by atoms with van der Waals surface area (Å²) in [5, 5.41) is 3.88. The Morgan fingerprint density at radius 1 is 1.10 bits per heavy atom. The lowest BCUT2D eigenvalue weighted by Crippen LogP contribution is -2.39. The number of hydrazone groups is 1. The van der Waals surface area contributed by atoms with E-state index in [1.54, 1.807) is 67.0 Å². The van der Waals surface area contributed by atoms with Gasteiger partial charge >= 0.3 is 0 Å². The first-order valence-electron chi connectivity index (χ1n) is 9.53. The highest BCUT2D eigenvalue weighted by molar-refractivity contribution is 7.92. The van der Waals surface area contributed by atoms with Gasteiger partial charge in [0.2, 0.25) is 0 Å². The fourth-order valence-corrected chi connectivity index (χ4v) is 4.15. The number of amides is 1. The Morgan fingerprint density at radius 2 is 1.84 bits per heavy atom. The zero-order valence-electron chi connectivity index (χ0n) is 16.9. The number of pyridine rings is 1. The first-order chi connectivity index (χ1) is 15.0. The molecule has 0 atom stereocenters. The number of benzene rings is 2. The molecule has 160 valence electrons. The Balaban J connectivity index is 1.83. The number of anilines is 1. The SMILES string of the molecule is CCOc1ccc(N(CC(=O)N/N=C\c2cccnc2)S(=O)(=O)c2ccccc2)cc1. The smallest absolute Gasteiger partial charge is 0.264 e. The molecule has 8 nitrogen and oxygen atoms in total. The van der Waals surface area contributed by atoms with Crippen LogP contribution in [0.4, 0.5) is 5.69 Å². The van der Waals surface area contributed by atoms with Crippen LogP contribution in [0.5, 0.6) is 5.75 Å². The second-order valence-electron chi connectivity index (χ2n) is 6.33. The number of hydrogen-bond donors (Lipinski definition) is 1. The third-order valence-electron chi connectivity index (χ3n) is 4.14. The third kappa shape index (κ3) is 5.89. The fraction of sp³-hybridized carbons (Fsp3) is 0.136. The highest BCUT2D eigenvalue weighted by atomic mass is 32.2. The Bertz CT molecular complexity index is 1120. The van der Waals surface area contributed by atoms with E-state index in [1.165, 1.54) is 18.3 Å². The van der Waals surface area contributed by atoms with E-state index in [9.17, 15) is 13.2 Å². The van der Waals surface area contributed by atoms with Gasteiger partial charge in [0.25, 0.3) is 15.9 Å². The van der Waals surface area contributed by atoms with Crippen molar-refractivity contribution >= 4 is 27.8 Å². The molecule has 0 fully saturated rings. The molecule has 9 heteroatoms. The van der Waals surface area contributed by atoms with Crippen LogP contribution in [0.3, 0.4) is 0 Å². The van der Waals surface area contributed by atoms with Crippen LogP contribution in [0.1, 0.15) is 12.5 Å². The number of rotatable bonds is 9. The van der Waals surface area contributed by atoms with E-state index >= 15 is 0 Å². The van der Waals surface area contributed by atoms with Crippen LogP contribution in [0, 0.1) is 0 Å². The summed E-state index contributed by atoms with van der Waals surface area (Å²) in [7, 11) is -3.98. The molecule has 0 aliphatic carbocycles. The lowest BCUT2D eigenvalue weighted by Gasteiger charge is -2.24. The van der Waals surface area contributed by atoms with Crippen molar-refractivity contribution in [3.8, 4) is 5.75 Å². The molecule has 0 aliphatic heterocycles. The number of sulfonamides is 1. The number of ether oxygens (including phenoxy) is 1. The number of carbonyl (C=O) groups excluding carboxylic acids is 1. The highest BCUT2D eigenvalue weighted by Gasteiger charge is 2.27. The van der Waals surface area contributed by atoms with Crippen LogP contribution in [0.15, 0.2) is 89.1 Å². The molecule has 3 rings (SSSR count). The van der Waals surface area contributed by atoms with Crippen molar-refractivity contribution in [3.05, 3.63) is 84.7 Å². The Labute approximate surface area is 181 Å². The van der Waals surface area contributed by atoms with Crippen molar-refractivity contribution in [1.29, 1.82) is 0 Å². The molecule has 1 N–H and O–H groups in total. The molecule has 0 aliphatic rings. The molecule has 0 saturated heterocycles. The van der Waals surface area contributed by atoms with Gasteiger partial charge in [0.05, 0.1) is 23.4 Å². The van der Waals surface area contributed by atoms with Crippen molar-refractivity contribution in [1.82, 2.24) is 10.4 Å². The fourth-order valence-electron chi connectivity index (χ4n) is 2.71. The number of hydrogen-bond acceptors (Lipinski definition) is 6. The summed E-state index contributed by atoms with van der Waals surface area (Å²) < 4.78 is 32.9.